The van der Waals surface area contributed by atoms with Gasteiger partial charge in [0.05, 0.1) is 4.88 Å². The first-order valence-electron chi connectivity index (χ1n) is 9.16. The van der Waals surface area contributed by atoms with Crippen LogP contribution in [-0.4, -0.2) is 36.9 Å². The number of nitrogens with one attached hydrogen (secondary N) is 1. The normalized spacial score (nSPS) is 11.0. The van der Waals surface area contributed by atoms with Crippen LogP contribution in [0.25, 0.3) is 0 Å². The van der Waals surface area contributed by atoms with E-state index in [1.807, 2.05) is 87.3 Å². The van der Waals surface area contributed by atoms with Crippen molar-refractivity contribution in [1.29, 1.82) is 0 Å². The average molecular weight is 388 g/mol. The van der Waals surface area contributed by atoms with E-state index in [1.165, 1.54) is 11.3 Å². The first-order chi connectivity index (χ1) is 12.7. The fourth-order valence-electron chi connectivity index (χ4n) is 2.73. The minimum absolute atomic E-state index is 0.0195. The van der Waals surface area contributed by atoms with E-state index in [9.17, 15) is 9.59 Å². The Bertz CT molecular complexity index is 783. The van der Waals surface area contributed by atoms with E-state index >= 15 is 0 Å². The predicted octanol–water partition coefficient (Wildman–Crippen LogP) is 4.46. The Balaban J connectivity index is 2.35. The maximum absolute atomic E-state index is 12.9. The third kappa shape index (κ3) is 5.32. The fourth-order valence-corrected chi connectivity index (χ4v) is 3.41. The number of nitrogens with zero attached hydrogens (tertiary/aromatic N) is 2. The number of rotatable bonds is 7. The molecule has 5 nitrogen and oxygen atoms in total. The van der Waals surface area contributed by atoms with E-state index in [2.05, 4.69) is 5.32 Å². The zero-order valence-electron chi connectivity index (χ0n) is 16.9. The van der Waals surface area contributed by atoms with E-state index in [4.69, 9.17) is 0 Å². The van der Waals surface area contributed by atoms with Crippen LogP contribution in [0.4, 0.5) is 11.4 Å². The Morgan fingerprint density at radius 3 is 2.33 bits per heavy atom. The summed E-state index contributed by atoms with van der Waals surface area (Å²) in [6, 6.07) is 9.66. The molecule has 6 heteroatoms. The molecule has 0 atom stereocenters. The summed E-state index contributed by atoms with van der Waals surface area (Å²) in [4.78, 5) is 29.6. The summed E-state index contributed by atoms with van der Waals surface area (Å²) in [7, 11) is 3.96. The highest BCUT2D eigenvalue weighted by Gasteiger charge is 2.22. The zero-order chi connectivity index (χ0) is 20.1. The smallest absolute Gasteiger partial charge is 0.264 e. The monoisotopic (exact) mass is 387 g/mol. The lowest BCUT2D eigenvalue weighted by atomic mass is 10.1. The summed E-state index contributed by atoms with van der Waals surface area (Å²) in [6.45, 7) is 8.25. The van der Waals surface area contributed by atoms with Crippen molar-refractivity contribution in [2.24, 2.45) is 5.92 Å². The lowest BCUT2D eigenvalue weighted by Crippen LogP contribution is -2.36. The van der Waals surface area contributed by atoms with Gasteiger partial charge in [0, 0.05) is 44.0 Å². The molecule has 2 amide bonds. The van der Waals surface area contributed by atoms with Crippen LogP contribution < -0.4 is 10.2 Å². The SMILES string of the molecule is CC(C)C(=O)Nc1ccc(N(C)C)c(CN(C(=O)c2cccs2)C(C)C)c1. The van der Waals surface area contributed by atoms with Gasteiger partial charge in [-0.05, 0) is 49.1 Å². The molecule has 1 aromatic carbocycles. The molecule has 2 aromatic rings. The quantitative estimate of drug-likeness (QED) is 0.763. The summed E-state index contributed by atoms with van der Waals surface area (Å²) in [5.74, 6) is -0.0789. The molecule has 0 fully saturated rings. The Morgan fingerprint density at radius 2 is 1.81 bits per heavy atom. The van der Waals surface area contributed by atoms with Gasteiger partial charge < -0.3 is 15.1 Å². The number of amides is 2. The van der Waals surface area contributed by atoms with Gasteiger partial charge >= 0.3 is 0 Å². The molecule has 1 N–H and O–H groups in total. The lowest BCUT2D eigenvalue weighted by molar-refractivity contribution is -0.118. The number of hydrogen-bond donors (Lipinski definition) is 1. The van der Waals surface area contributed by atoms with Crippen LogP contribution in [0, 0.1) is 5.92 Å². The molecule has 27 heavy (non-hydrogen) atoms. The molecule has 0 aliphatic rings. The molecule has 0 unspecified atom stereocenters. The molecule has 1 aromatic heterocycles. The molecule has 0 aliphatic carbocycles. The molecular formula is C21H29N3O2S. The van der Waals surface area contributed by atoms with Crippen molar-refractivity contribution < 1.29 is 9.59 Å². The average Bonchev–Trinajstić information content (AvgIpc) is 3.13. The van der Waals surface area contributed by atoms with Crippen LogP contribution in [0.15, 0.2) is 35.7 Å². The largest absolute Gasteiger partial charge is 0.377 e. The second-order valence-electron chi connectivity index (χ2n) is 7.39. The van der Waals surface area contributed by atoms with Gasteiger partial charge in [0.2, 0.25) is 5.91 Å². The number of carbonyl (C=O) groups is 2. The molecule has 2 rings (SSSR count). The van der Waals surface area contributed by atoms with Crippen molar-refractivity contribution in [3.63, 3.8) is 0 Å². The van der Waals surface area contributed by atoms with Gasteiger partial charge in [-0.1, -0.05) is 19.9 Å². The van der Waals surface area contributed by atoms with Crippen molar-refractivity contribution in [3.8, 4) is 0 Å². The highest BCUT2D eigenvalue weighted by atomic mass is 32.1. The highest BCUT2D eigenvalue weighted by molar-refractivity contribution is 7.12. The Kier molecular flexibility index (Phi) is 7.02. The number of carbonyl (C=O) groups excluding carboxylic acids is 2. The van der Waals surface area contributed by atoms with Gasteiger partial charge in [0.1, 0.15) is 0 Å². The lowest BCUT2D eigenvalue weighted by Gasteiger charge is -2.29. The van der Waals surface area contributed by atoms with Crippen molar-refractivity contribution in [3.05, 3.63) is 46.2 Å². The zero-order valence-corrected chi connectivity index (χ0v) is 17.8. The summed E-state index contributed by atoms with van der Waals surface area (Å²) in [5, 5.41) is 4.86. The second kappa shape index (κ2) is 9.04. The Labute approximate surface area is 166 Å². The maximum atomic E-state index is 12.9. The third-order valence-corrected chi connectivity index (χ3v) is 5.17. The van der Waals surface area contributed by atoms with Gasteiger partial charge in [0.15, 0.2) is 0 Å². The summed E-state index contributed by atoms with van der Waals surface area (Å²) in [5.41, 5.74) is 2.78. The Hall–Kier alpha value is -2.34. The van der Waals surface area contributed by atoms with Crippen LogP contribution in [0.3, 0.4) is 0 Å². The fraction of sp³-hybridized carbons (Fsp3) is 0.429. The number of benzene rings is 1. The van der Waals surface area contributed by atoms with Crippen LogP contribution in [-0.2, 0) is 11.3 Å². The van der Waals surface area contributed by atoms with Crippen molar-refractivity contribution in [2.75, 3.05) is 24.3 Å². The molecular weight excluding hydrogens is 358 g/mol. The van der Waals surface area contributed by atoms with Crippen molar-refractivity contribution in [1.82, 2.24) is 4.90 Å². The summed E-state index contributed by atoms with van der Waals surface area (Å²) >= 11 is 1.45. The minimum atomic E-state index is -0.0884. The summed E-state index contributed by atoms with van der Waals surface area (Å²) < 4.78 is 0. The molecule has 0 radical (unpaired) electrons. The highest BCUT2D eigenvalue weighted by Crippen LogP contribution is 2.26. The predicted molar refractivity (Wildman–Crippen MR) is 114 cm³/mol. The van der Waals surface area contributed by atoms with E-state index < -0.39 is 0 Å². The molecule has 1 heterocycles. The van der Waals surface area contributed by atoms with E-state index in [0.29, 0.717) is 6.54 Å². The molecule has 0 spiro atoms. The minimum Gasteiger partial charge on any atom is -0.377 e. The first kappa shape index (κ1) is 21.0. The summed E-state index contributed by atoms with van der Waals surface area (Å²) in [6.07, 6.45) is 0. The first-order valence-corrected chi connectivity index (χ1v) is 10.0. The number of thiophene rings is 1. The molecule has 0 bridgehead atoms. The van der Waals surface area contributed by atoms with Crippen molar-refractivity contribution >= 4 is 34.5 Å². The third-order valence-electron chi connectivity index (χ3n) is 4.31. The van der Waals surface area contributed by atoms with E-state index in [0.717, 1.165) is 21.8 Å². The van der Waals surface area contributed by atoms with Crippen LogP contribution in [0.2, 0.25) is 0 Å². The van der Waals surface area contributed by atoms with Crippen LogP contribution >= 0.6 is 11.3 Å². The number of anilines is 2. The Morgan fingerprint density at radius 1 is 1.11 bits per heavy atom. The van der Waals surface area contributed by atoms with Gasteiger partial charge in [-0.25, -0.2) is 0 Å². The number of hydrogen-bond acceptors (Lipinski definition) is 4. The van der Waals surface area contributed by atoms with Crippen LogP contribution in [0.5, 0.6) is 0 Å². The molecule has 0 saturated carbocycles. The van der Waals surface area contributed by atoms with Gasteiger partial charge in [-0.2, -0.15) is 0 Å². The standard InChI is InChI=1S/C21H29N3O2S/c1-14(2)20(25)22-17-9-10-18(23(5)6)16(12-17)13-24(15(3)4)21(26)19-8-7-11-27-19/h7-12,14-15H,13H2,1-6H3,(H,22,25). The van der Waals surface area contributed by atoms with Gasteiger partial charge in [-0.3, -0.25) is 9.59 Å². The molecule has 0 saturated heterocycles. The topological polar surface area (TPSA) is 52.7 Å². The second-order valence-corrected chi connectivity index (χ2v) is 8.33. The molecule has 0 aliphatic heterocycles. The van der Waals surface area contributed by atoms with Crippen LogP contribution in [0.1, 0.15) is 42.9 Å². The van der Waals surface area contributed by atoms with Crippen molar-refractivity contribution in [2.45, 2.75) is 40.3 Å². The van der Waals surface area contributed by atoms with E-state index in [1.54, 1.807) is 0 Å². The van der Waals surface area contributed by atoms with Gasteiger partial charge in [-0.15, -0.1) is 11.3 Å². The van der Waals surface area contributed by atoms with E-state index in [-0.39, 0.29) is 23.8 Å². The molecule has 146 valence electrons. The maximum Gasteiger partial charge on any atom is 0.264 e. The van der Waals surface area contributed by atoms with Gasteiger partial charge in [0.25, 0.3) is 5.91 Å².